The molecular weight excluding hydrogens is 241 g/mol. The van der Waals surface area contributed by atoms with Gasteiger partial charge in [-0.25, -0.2) is 4.39 Å². The van der Waals surface area contributed by atoms with Gasteiger partial charge in [0, 0.05) is 17.5 Å². The summed E-state index contributed by atoms with van der Waals surface area (Å²) in [5.41, 5.74) is 6.44. The van der Waals surface area contributed by atoms with E-state index in [4.69, 9.17) is 10.5 Å². The fourth-order valence-electron chi connectivity index (χ4n) is 3.13. The minimum Gasteiger partial charge on any atom is -0.496 e. The van der Waals surface area contributed by atoms with E-state index in [9.17, 15) is 4.39 Å². The summed E-state index contributed by atoms with van der Waals surface area (Å²) in [6, 6.07) is 5.64. The van der Waals surface area contributed by atoms with Crippen LogP contribution in [0.1, 0.15) is 50.7 Å². The molecule has 0 amide bonds. The van der Waals surface area contributed by atoms with Crippen LogP contribution in [-0.2, 0) is 11.1 Å². The summed E-state index contributed by atoms with van der Waals surface area (Å²) in [6.07, 6.45) is 4.50. The summed E-state index contributed by atoms with van der Waals surface area (Å²) in [4.78, 5) is 0. The van der Waals surface area contributed by atoms with Crippen molar-refractivity contribution in [1.29, 1.82) is 0 Å². The van der Waals surface area contributed by atoms with E-state index >= 15 is 0 Å². The van der Waals surface area contributed by atoms with Crippen molar-refractivity contribution in [3.05, 3.63) is 29.3 Å². The first-order chi connectivity index (χ1) is 8.93. The number of rotatable bonds is 4. The van der Waals surface area contributed by atoms with E-state index in [1.165, 1.54) is 12.8 Å². The first-order valence-corrected chi connectivity index (χ1v) is 7.01. The van der Waals surface area contributed by atoms with E-state index in [0.717, 1.165) is 24.2 Å². The highest BCUT2D eigenvalue weighted by molar-refractivity contribution is 5.45. The average Bonchev–Trinajstić information content (AvgIpc) is 2.86. The van der Waals surface area contributed by atoms with Crippen molar-refractivity contribution in [1.82, 2.24) is 0 Å². The second-order valence-electron chi connectivity index (χ2n) is 6.08. The molecule has 1 aliphatic rings. The Labute approximate surface area is 115 Å². The Kier molecular flexibility index (Phi) is 3.86. The van der Waals surface area contributed by atoms with Gasteiger partial charge >= 0.3 is 0 Å². The third-order valence-electron chi connectivity index (χ3n) is 4.41. The van der Waals surface area contributed by atoms with Crippen LogP contribution in [0.3, 0.4) is 0 Å². The summed E-state index contributed by atoms with van der Waals surface area (Å²) in [6.45, 7) is 3.77. The second kappa shape index (κ2) is 5.12. The molecule has 106 valence electrons. The standard InChI is InChI=1S/C16H24FNO/c1-15(2,17)12-6-7-14(19-3)13(10-12)16(11-18)8-4-5-9-16/h6-7,10H,4-5,8-9,11,18H2,1-3H3. The maximum atomic E-state index is 14.2. The molecule has 2 nitrogen and oxygen atoms in total. The monoisotopic (exact) mass is 265 g/mol. The van der Waals surface area contributed by atoms with Crippen LogP contribution < -0.4 is 10.5 Å². The molecule has 0 heterocycles. The van der Waals surface area contributed by atoms with Gasteiger partial charge in [0.1, 0.15) is 11.4 Å². The zero-order valence-electron chi connectivity index (χ0n) is 12.1. The molecule has 0 radical (unpaired) electrons. The maximum absolute atomic E-state index is 14.2. The summed E-state index contributed by atoms with van der Waals surface area (Å²) in [7, 11) is 1.66. The molecule has 2 rings (SSSR count). The van der Waals surface area contributed by atoms with Crippen molar-refractivity contribution < 1.29 is 9.13 Å². The Bertz CT molecular complexity index is 445. The van der Waals surface area contributed by atoms with Crippen molar-refractivity contribution in [3.8, 4) is 5.75 Å². The average molecular weight is 265 g/mol. The van der Waals surface area contributed by atoms with Crippen LogP contribution in [-0.4, -0.2) is 13.7 Å². The third-order valence-corrected chi connectivity index (χ3v) is 4.41. The van der Waals surface area contributed by atoms with E-state index < -0.39 is 5.67 Å². The molecule has 3 heteroatoms. The van der Waals surface area contributed by atoms with Gasteiger partial charge in [0.15, 0.2) is 0 Å². The molecule has 0 saturated heterocycles. The molecule has 0 aliphatic heterocycles. The lowest BCUT2D eigenvalue weighted by atomic mass is 9.77. The summed E-state index contributed by atoms with van der Waals surface area (Å²) in [5.74, 6) is 0.834. The summed E-state index contributed by atoms with van der Waals surface area (Å²) >= 11 is 0. The lowest BCUT2D eigenvalue weighted by Crippen LogP contribution is -2.32. The normalized spacial score (nSPS) is 18.6. The lowest BCUT2D eigenvalue weighted by Gasteiger charge is -2.31. The number of alkyl halides is 1. The zero-order chi connectivity index (χ0) is 14.1. The van der Waals surface area contributed by atoms with Gasteiger partial charge in [0.05, 0.1) is 7.11 Å². The molecule has 1 aromatic rings. The van der Waals surface area contributed by atoms with E-state index in [1.54, 1.807) is 21.0 Å². The van der Waals surface area contributed by atoms with Gasteiger partial charge < -0.3 is 10.5 Å². The van der Waals surface area contributed by atoms with Crippen LogP contribution in [0.25, 0.3) is 0 Å². The molecule has 19 heavy (non-hydrogen) atoms. The maximum Gasteiger partial charge on any atom is 0.130 e. The molecule has 0 bridgehead atoms. The van der Waals surface area contributed by atoms with Crippen molar-refractivity contribution in [2.45, 2.75) is 50.6 Å². The minimum atomic E-state index is -1.34. The molecule has 0 unspecified atom stereocenters. The van der Waals surface area contributed by atoms with Gasteiger partial charge in [-0.1, -0.05) is 18.9 Å². The van der Waals surface area contributed by atoms with Gasteiger partial charge in [0.25, 0.3) is 0 Å². The van der Waals surface area contributed by atoms with Crippen LogP contribution in [0, 0.1) is 0 Å². The highest BCUT2D eigenvalue weighted by Gasteiger charge is 2.37. The predicted octanol–water partition coefficient (Wildman–Crippen LogP) is 3.67. The molecule has 2 N–H and O–H groups in total. The molecule has 1 aromatic carbocycles. The first-order valence-electron chi connectivity index (χ1n) is 7.01. The molecule has 0 atom stereocenters. The van der Waals surface area contributed by atoms with Gasteiger partial charge in [-0.3, -0.25) is 0 Å². The molecule has 0 spiro atoms. The lowest BCUT2D eigenvalue weighted by molar-refractivity contribution is 0.220. The highest BCUT2D eigenvalue weighted by atomic mass is 19.1. The first kappa shape index (κ1) is 14.3. The number of halogens is 1. The number of nitrogens with two attached hydrogens (primary N) is 1. The zero-order valence-corrected chi connectivity index (χ0v) is 12.1. The van der Waals surface area contributed by atoms with Crippen LogP contribution >= 0.6 is 0 Å². The number of ether oxygens (including phenoxy) is 1. The van der Waals surface area contributed by atoms with Crippen LogP contribution in [0.4, 0.5) is 4.39 Å². The Morgan fingerprint density at radius 1 is 1.32 bits per heavy atom. The van der Waals surface area contributed by atoms with Gasteiger partial charge in [0.2, 0.25) is 0 Å². The Morgan fingerprint density at radius 2 is 1.95 bits per heavy atom. The number of hydrogen-bond acceptors (Lipinski definition) is 2. The molecular formula is C16H24FNO. The topological polar surface area (TPSA) is 35.2 Å². The third kappa shape index (κ3) is 2.62. The van der Waals surface area contributed by atoms with Crippen molar-refractivity contribution in [2.24, 2.45) is 5.73 Å². The van der Waals surface area contributed by atoms with Crippen molar-refractivity contribution in [3.63, 3.8) is 0 Å². The van der Waals surface area contributed by atoms with Crippen molar-refractivity contribution >= 4 is 0 Å². The smallest absolute Gasteiger partial charge is 0.130 e. The quantitative estimate of drug-likeness (QED) is 0.901. The van der Waals surface area contributed by atoms with Gasteiger partial charge in [-0.05, 0) is 44.4 Å². The number of hydrogen-bond donors (Lipinski definition) is 1. The second-order valence-corrected chi connectivity index (χ2v) is 6.08. The SMILES string of the molecule is COc1ccc(C(C)(C)F)cc1C1(CN)CCCC1. The van der Waals surface area contributed by atoms with E-state index in [0.29, 0.717) is 12.1 Å². The Hall–Kier alpha value is -1.09. The van der Waals surface area contributed by atoms with Crippen LogP contribution in [0.2, 0.25) is 0 Å². The summed E-state index contributed by atoms with van der Waals surface area (Å²) in [5, 5.41) is 0. The van der Waals surface area contributed by atoms with E-state index in [2.05, 4.69) is 0 Å². The van der Waals surface area contributed by atoms with Crippen LogP contribution in [0.15, 0.2) is 18.2 Å². The molecule has 1 saturated carbocycles. The van der Waals surface area contributed by atoms with Gasteiger partial charge in [-0.2, -0.15) is 0 Å². The minimum absolute atomic E-state index is 0.0351. The number of benzene rings is 1. The van der Waals surface area contributed by atoms with Crippen LogP contribution in [0.5, 0.6) is 5.75 Å². The molecule has 1 aliphatic carbocycles. The summed E-state index contributed by atoms with van der Waals surface area (Å²) < 4.78 is 19.7. The predicted molar refractivity (Wildman–Crippen MR) is 76.3 cm³/mol. The molecule has 1 fully saturated rings. The number of methoxy groups -OCH3 is 1. The van der Waals surface area contributed by atoms with Gasteiger partial charge in [-0.15, -0.1) is 0 Å². The highest BCUT2D eigenvalue weighted by Crippen LogP contribution is 2.45. The Balaban J connectivity index is 2.53. The van der Waals surface area contributed by atoms with E-state index in [-0.39, 0.29) is 5.41 Å². The Morgan fingerprint density at radius 3 is 2.42 bits per heavy atom. The fraction of sp³-hybridized carbons (Fsp3) is 0.625. The van der Waals surface area contributed by atoms with Crippen molar-refractivity contribution in [2.75, 3.05) is 13.7 Å². The molecule has 0 aromatic heterocycles. The largest absolute Gasteiger partial charge is 0.496 e. The fourth-order valence-corrected chi connectivity index (χ4v) is 3.13. The van der Waals surface area contributed by atoms with E-state index in [1.807, 2.05) is 18.2 Å².